The quantitative estimate of drug-likeness (QED) is 0.647. The minimum absolute atomic E-state index is 0.228. The fraction of sp³-hybridized carbons (Fsp3) is 0.833. The summed E-state index contributed by atoms with van der Waals surface area (Å²) in [7, 11) is 0. The van der Waals surface area contributed by atoms with Gasteiger partial charge in [0, 0.05) is 12.5 Å². The Bertz CT molecular complexity index is 271. The summed E-state index contributed by atoms with van der Waals surface area (Å²) in [6, 6.07) is -0.862. The summed E-state index contributed by atoms with van der Waals surface area (Å²) in [6.07, 6.45) is 0. The lowest BCUT2D eigenvalue weighted by Crippen LogP contribution is -2.51. The van der Waals surface area contributed by atoms with Gasteiger partial charge >= 0.3 is 5.97 Å². The molecule has 5 nitrogen and oxygen atoms in total. The number of carbonyl (C=O) groups is 2. The monoisotopic (exact) mass is 244 g/mol. The van der Waals surface area contributed by atoms with Crippen molar-refractivity contribution in [1.82, 2.24) is 10.6 Å². The maximum atomic E-state index is 11.8. The molecule has 0 fully saturated rings. The zero-order chi connectivity index (χ0) is 13.6. The highest BCUT2D eigenvalue weighted by Crippen LogP contribution is 2.19. The van der Waals surface area contributed by atoms with Crippen molar-refractivity contribution < 1.29 is 14.7 Å². The summed E-state index contributed by atoms with van der Waals surface area (Å²) in [5.41, 5.74) is -0.501. The molecule has 0 aromatic rings. The zero-order valence-electron chi connectivity index (χ0n) is 11.3. The van der Waals surface area contributed by atoms with E-state index in [2.05, 4.69) is 10.6 Å². The Morgan fingerprint density at radius 2 is 1.82 bits per heavy atom. The molecule has 0 aliphatic carbocycles. The topological polar surface area (TPSA) is 78.4 Å². The molecular weight excluding hydrogens is 220 g/mol. The van der Waals surface area contributed by atoms with Crippen LogP contribution in [0.25, 0.3) is 0 Å². The molecule has 0 aliphatic heterocycles. The minimum Gasteiger partial charge on any atom is -0.480 e. The fourth-order valence-electron chi connectivity index (χ4n) is 1.39. The van der Waals surface area contributed by atoms with Crippen LogP contribution >= 0.6 is 0 Å². The Morgan fingerprint density at radius 1 is 1.29 bits per heavy atom. The summed E-state index contributed by atoms with van der Waals surface area (Å²) in [5, 5.41) is 14.7. The third-order valence-corrected chi connectivity index (χ3v) is 2.55. The molecule has 3 N–H and O–H groups in total. The third kappa shape index (κ3) is 5.68. The van der Waals surface area contributed by atoms with E-state index < -0.39 is 17.4 Å². The second-order valence-electron chi connectivity index (χ2n) is 5.35. The molecule has 1 amide bonds. The number of carboxylic acids is 1. The van der Waals surface area contributed by atoms with Crippen LogP contribution in [0.2, 0.25) is 0 Å². The summed E-state index contributed by atoms with van der Waals surface area (Å²) < 4.78 is 0. The first-order valence-electron chi connectivity index (χ1n) is 5.94. The van der Waals surface area contributed by atoms with Crippen molar-refractivity contribution in [1.29, 1.82) is 0 Å². The van der Waals surface area contributed by atoms with Crippen molar-refractivity contribution in [2.75, 3.05) is 13.1 Å². The van der Waals surface area contributed by atoms with Crippen molar-refractivity contribution in [2.24, 2.45) is 11.3 Å². The average molecular weight is 244 g/mol. The standard InChI is InChI=1S/C12H24N2O3/c1-6-13-7-8(2)10(15)14-9(11(16)17)12(3,4)5/h8-9,13H,6-7H2,1-5H3,(H,14,15)(H,16,17)/t8?,9-/m1/s1. The number of nitrogens with one attached hydrogen (secondary N) is 2. The highest BCUT2D eigenvalue weighted by molar-refractivity contribution is 5.85. The molecule has 0 saturated carbocycles. The Morgan fingerprint density at radius 3 is 2.18 bits per heavy atom. The maximum Gasteiger partial charge on any atom is 0.326 e. The molecule has 0 spiro atoms. The lowest BCUT2D eigenvalue weighted by molar-refractivity contribution is -0.145. The minimum atomic E-state index is -0.999. The number of carbonyl (C=O) groups excluding carboxylic acids is 1. The lowest BCUT2D eigenvalue weighted by Gasteiger charge is -2.28. The van der Waals surface area contributed by atoms with E-state index in [0.29, 0.717) is 6.54 Å². The van der Waals surface area contributed by atoms with Crippen molar-refractivity contribution >= 4 is 11.9 Å². The molecule has 0 rings (SSSR count). The second-order valence-corrected chi connectivity index (χ2v) is 5.35. The van der Waals surface area contributed by atoms with E-state index in [4.69, 9.17) is 5.11 Å². The zero-order valence-corrected chi connectivity index (χ0v) is 11.3. The van der Waals surface area contributed by atoms with Gasteiger partial charge in [0.25, 0.3) is 0 Å². The van der Waals surface area contributed by atoms with E-state index in [1.165, 1.54) is 0 Å². The van der Waals surface area contributed by atoms with Crippen molar-refractivity contribution in [3.63, 3.8) is 0 Å². The summed E-state index contributed by atoms with van der Waals surface area (Å²) in [4.78, 5) is 22.9. The van der Waals surface area contributed by atoms with Crippen molar-refractivity contribution in [2.45, 2.75) is 40.7 Å². The second kappa shape index (κ2) is 6.59. The normalized spacial score (nSPS) is 15.1. The van der Waals surface area contributed by atoms with Crippen LogP contribution in [0.15, 0.2) is 0 Å². The van der Waals surface area contributed by atoms with Crippen LogP contribution in [0.1, 0.15) is 34.6 Å². The van der Waals surface area contributed by atoms with Gasteiger partial charge in [-0.3, -0.25) is 4.79 Å². The highest BCUT2D eigenvalue weighted by Gasteiger charge is 2.33. The van der Waals surface area contributed by atoms with Crippen LogP contribution < -0.4 is 10.6 Å². The predicted molar refractivity (Wildman–Crippen MR) is 66.7 cm³/mol. The van der Waals surface area contributed by atoms with Gasteiger partial charge in [0.15, 0.2) is 0 Å². The number of hydrogen-bond donors (Lipinski definition) is 3. The molecule has 0 aromatic carbocycles. The van der Waals surface area contributed by atoms with Crippen LogP contribution in [0.3, 0.4) is 0 Å². The van der Waals surface area contributed by atoms with E-state index in [1.54, 1.807) is 27.7 Å². The molecule has 5 heteroatoms. The van der Waals surface area contributed by atoms with Gasteiger partial charge in [0.05, 0.1) is 0 Å². The molecule has 2 atom stereocenters. The molecule has 0 aliphatic rings. The largest absolute Gasteiger partial charge is 0.480 e. The van der Waals surface area contributed by atoms with Gasteiger partial charge < -0.3 is 15.7 Å². The molecule has 0 radical (unpaired) electrons. The molecule has 17 heavy (non-hydrogen) atoms. The third-order valence-electron chi connectivity index (χ3n) is 2.55. The number of aliphatic carboxylic acids is 1. The molecule has 0 heterocycles. The van der Waals surface area contributed by atoms with E-state index in [1.807, 2.05) is 6.92 Å². The molecule has 0 saturated heterocycles. The molecule has 0 bridgehead atoms. The number of hydrogen-bond acceptors (Lipinski definition) is 3. The van der Waals surface area contributed by atoms with Crippen LogP contribution in [-0.2, 0) is 9.59 Å². The Kier molecular flexibility index (Phi) is 6.16. The molecule has 0 aromatic heterocycles. The van der Waals surface area contributed by atoms with E-state index in [-0.39, 0.29) is 11.8 Å². The Labute approximate surface area is 103 Å². The van der Waals surface area contributed by atoms with Gasteiger partial charge in [-0.2, -0.15) is 0 Å². The smallest absolute Gasteiger partial charge is 0.326 e. The Hall–Kier alpha value is -1.10. The van der Waals surface area contributed by atoms with Gasteiger partial charge in [-0.1, -0.05) is 34.6 Å². The van der Waals surface area contributed by atoms with Gasteiger partial charge in [-0.05, 0) is 12.0 Å². The van der Waals surface area contributed by atoms with Crippen molar-refractivity contribution in [3.05, 3.63) is 0 Å². The van der Waals surface area contributed by atoms with Crippen LogP contribution in [0.5, 0.6) is 0 Å². The van der Waals surface area contributed by atoms with Gasteiger partial charge in [-0.25, -0.2) is 4.79 Å². The van der Waals surface area contributed by atoms with E-state index >= 15 is 0 Å². The first-order valence-corrected chi connectivity index (χ1v) is 5.94. The SMILES string of the molecule is CCNCC(C)C(=O)N[C@H](C(=O)O)C(C)(C)C. The highest BCUT2D eigenvalue weighted by atomic mass is 16.4. The van der Waals surface area contributed by atoms with Gasteiger partial charge in [0.1, 0.15) is 6.04 Å². The summed E-state index contributed by atoms with van der Waals surface area (Å²) in [6.45, 7) is 10.5. The van der Waals surface area contributed by atoms with Gasteiger partial charge in [0.2, 0.25) is 5.91 Å². The molecular formula is C12H24N2O3. The summed E-state index contributed by atoms with van der Waals surface area (Å²) in [5.74, 6) is -1.46. The lowest BCUT2D eigenvalue weighted by atomic mass is 9.86. The summed E-state index contributed by atoms with van der Waals surface area (Å²) >= 11 is 0. The maximum absolute atomic E-state index is 11.8. The van der Waals surface area contributed by atoms with E-state index in [0.717, 1.165) is 6.54 Å². The Balaban J connectivity index is 4.47. The molecule has 100 valence electrons. The van der Waals surface area contributed by atoms with E-state index in [9.17, 15) is 9.59 Å². The predicted octanol–water partition coefficient (Wildman–Crippen LogP) is 0.847. The molecule has 1 unspecified atom stereocenters. The number of carboxylic acid groups (broad SMARTS) is 1. The first-order chi connectivity index (χ1) is 7.70. The van der Waals surface area contributed by atoms with Crippen LogP contribution in [0.4, 0.5) is 0 Å². The van der Waals surface area contributed by atoms with Crippen molar-refractivity contribution in [3.8, 4) is 0 Å². The first kappa shape index (κ1) is 15.9. The van der Waals surface area contributed by atoms with Crippen LogP contribution in [0, 0.1) is 11.3 Å². The number of amides is 1. The van der Waals surface area contributed by atoms with Gasteiger partial charge in [-0.15, -0.1) is 0 Å². The average Bonchev–Trinajstić information content (AvgIpc) is 2.19. The number of rotatable bonds is 6. The fourth-order valence-corrected chi connectivity index (χ4v) is 1.39. The van der Waals surface area contributed by atoms with Crippen LogP contribution in [-0.4, -0.2) is 36.1 Å².